The summed E-state index contributed by atoms with van der Waals surface area (Å²) in [7, 11) is 1.24. The van der Waals surface area contributed by atoms with Crippen LogP contribution in [-0.2, 0) is 21.7 Å². The van der Waals surface area contributed by atoms with Gasteiger partial charge in [0.2, 0.25) is 0 Å². The zero-order valence-electron chi connectivity index (χ0n) is 8.88. The van der Waals surface area contributed by atoms with Gasteiger partial charge < -0.3 is 9.47 Å². The molecule has 0 N–H and O–H groups in total. The summed E-state index contributed by atoms with van der Waals surface area (Å²) in [5.74, 6) is -1.17. The summed E-state index contributed by atoms with van der Waals surface area (Å²) in [4.78, 5) is 11.3. The summed E-state index contributed by atoms with van der Waals surface area (Å²) in [6.45, 7) is 0.458. The second kappa shape index (κ2) is 3.04. The number of esters is 1. The van der Waals surface area contributed by atoms with Crippen molar-refractivity contribution in [3.63, 3.8) is 0 Å². The fourth-order valence-electron chi connectivity index (χ4n) is 2.25. The second-order valence-electron chi connectivity index (χ2n) is 4.26. The minimum Gasteiger partial charge on any atom is -0.465 e. The largest absolute Gasteiger partial charge is 0.465 e. The summed E-state index contributed by atoms with van der Waals surface area (Å²) in [5, 5.41) is 0. The maximum atomic E-state index is 13.7. The third-order valence-electron chi connectivity index (χ3n) is 3.30. The highest BCUT2D eigenvalue weighted by Crippen LogP contribution is 2.54. The molecular weight excluding hydrogens is 211 g/mol. The van der Waals surface area contributed by atoms with Crippen LogP contribution in [0, 0.1) is 5.82 Å². The van der Waals surface area contributed by atoms with Gasteiger partial charge in [-0.15, -0.1) is 0 Å². The topological polar surface area (TPSA) is 35.5 Å². The van der Waals surface area contributed by atoms with Crippen molar-refractivity contribution < 1.29 is 18.7 Å². The Labute approximate surface area is 92.2 Å². The zero-order chi connectivity index (χ0) is 11.3. The van der Waals surface area contributed by atoms with Gasteiger partial charge in [-0.25, -0.2) is 9.18 Å². The minimum atomic E-state index is -0.642. The maximum absolute atomic E-state index is 13.7. The molecule has 0 atom stereocenters. The van der Waals surface area contributed by atoms with E-state index in [0.717, 1.165) is 24.0 Å². The maximum Gasteiger partial charge on any atom is 0.340 e. The summed E-state index contributed by atoms with van der Waals surface area (Å²) in [6.07, 6.45) is 1.88. The van der Waals surface area contributed by atoms with Crippen LogP contribution in [0.3, 0.4) is 0 Å². The first kappa shape index (κ1) is 9.78. The lowest BCUT2D eigenvalue weighted by Gasteiger charge is -2.08. The molecule has 3 nitrogen and oxygen atoms in total. The Kier molecular flexibility index (Phi) is 1.86. The van der Waals surface area contributed by atoms with E-state index in [2.05, 4.69) is 4.74 Å². The number of carbonyl (C=O) groups is 1. The quantitative estimate of drug-likeness (QED) is 0.683. The van der Waals surface area contributed by atoms with Crippen LogP contribution < -0.4 is 0 Å². The van der Waals surface area contributed by atoms with Gasteiger partial charge >= 0.3 is 5.97 Å². The highest BCUT2D eigenvalue weighted by molar-refractivity contribution is 5.90. The minimum absolute atomic E-state index is 0.0115. The summed E-state index contributed by atoms with van der Waals surface area (Å²) in [5.41, 5.74) is 1.55. The van der Waals surface area contributed by atoms with Gasteiger partial charge in [0, 0.05) is 0 Å². The van der Waals surface area contributed by atoms with Crippen molar-refractivity contribution in [3.05, 3.63) is 34.6 Å². The molecule has 4 heteroatoms. The first-order chi connectivity index (χ1) is 7.66. The fraction of sp³-hybridized carbons (Fsp3) is 0.417. The van der Waals surface area contributed by atoms with Crippen LogP contribution in [0.15, 0.2) is 12.1 Å². The van der Waals surface area contributed by atoms with E-state index in [4.69, 9.17) is 4.74 Å². The molecule has 0 amide bonds. The Bertz CT molecular complexity index is 477. The van der Waals surface area contributed by atoms with Crippen LogP contribution >= 0.6 is 0 Å². The molecule has 2 aliphatic rings. The van der Waals surface area contributed by atoms with Crippen molar-refractivity contribution in [1.82, 2.24) is 0 Å². The van der Waals surface area contributed by atoms with Crippen molar-refractivity contribution in [2.75, 3.05) is 7.11 Å². The van der Waals surface area contributed by atoms with Gasteiger partial charge in [-0.1, -0.05) is 0 Å². The molecule has 84 valence electrons. The van der Waals surface area contributed by atoms with E-state index < -0.39 is 11.8 Å². The molecule has 1 heterocycles. The van der Waals surface area contributed by atoms with Gasteiger partial charge in [-0.3, -0.25) is 0 Å². The molecule has 0 unspecified atom stereocenters. The Balaban J connectivity index is 2.10. The molecule has 1 fully saturated rings. The molecule has 0 aromatic heterocycles. The van der Waals surface area contributed by atoms with E-state index >= 15 is 0 Å². The number of ether oxygens (including phenoxy) is 2. The smallest absolute Gasteiger partial charge is 0.340 e. The number of carbonyl (C=O) groups excluding carboxylic acids is 1. The third-order valence-corrected chi connectivity index (χ3v) is 3.30. The van der Waals surface area contributed by atoms with Crippen molar-refractivity contribution in [3.8, 4) is 0 Å². The van der Waals surface area contributed by atoms with E-state index in [1.54, 1.807) is 6.07 Å². The first-order valence-corrected chi connectivity index (χ1v) is 5.21. The molecule has 1 spiro atoms. The monoisotopic (exact) mass is 222 g/mol. The van der Waals surface area contributed by atoms with Crippen molar-refractivity contribution in [1.29, 1.82) is 0 Å². The van der Waals surface area contributed by atoms with E-state index in [1.807, 2.05) is 0 Å². The molecule has 3 rings (SSSR count). The number of rotatable bonds is 1. The number of methoxy groups -OCH3 is 1. The summed E-state index contributed by atoms with van der Waals surface area (Å²) >= 11 is 0. The lowest BCUT2D eigenvalue weighted by atomic mass is 10.0. The average molecular weight is 222 g/mol. The Hall–Kier alpha value is -1.42. The molecule has 0 radical (unpaired) electrons. The zero-order valence-corrected chi connectivity index (χ0v) is 8.88. The SMILES string of the molecule is COC(=O)c1cc2c(cc1F)C1(CC1)OC2. The summed E-state index contributed by atoms with van der Waals surface area (Å²) < 4.78 is 23.8. The number of hydrogen-bond donors (Lipinski definition) is 0. The Morgan fingerprint density at radius 3 is 2.88 bits per heavy atom. The molecule has 1 aromatic carbocycles. The van der Waals surface area contributed by atoms with Crippen LogP contribution in [0.4, 0.5) is 4.39 Å². The van der Waals surface area contributed by atoms with E-state index in [-0.39, 0.29) is 11.2 Å². The van der Waals surface area contributed by atoms with Gasteiger partial charge in [0.05, 0.1) is 24.9 Å². The fourth-order valence-corrected chi connectivity index (χ4v) is 2.25. The van der Waals surface area contributed by atoms with Crippen LogP contribution in [0.5, 0.6) is 0 Å². The molecule has 1 aromatic rings. The van der Waals surface area contributed by atoms with Gasteiger partial charge in [0.15, 0.2) is 0 Å². The highest BCUT2D eigenvalue weighted by atomic mass is 19.1. The molecule has 16 heavy (non-hydrogen) atoms. The third kappa shape index (κ3) is 1.19. The highest BCUT2D eigenvalue weighted by Gasteiger charge is 2.51. The van der Waals surface area contributed by atoms with Gasteiger partial charge in [-0.2, -0.15) is 0 Å². The number of benzene rings is 1. The Morgan fingerprint density at radius 2 is 2.25 bits per heavy atom. The Morgan fingerprint density at radius 1 is 1.50 bits per heavy atom. The summed E-state index contributed by atoms with van der Waals surface area (Å²) in [6, 6.07) is 2.96. The first-order valence-electron chi connectivity index (χ1n) is 5.21. The van der Waals surface area contributed by atoms with Crippen LogP contribution in [0.1, 0.15) is 34.3 Å². The van der Waals surface area contributed by atoms with Crippen molar-refractivity contribution >= 4 is 5.97 Å². The molecule has 1 aliphatic heterocycles. The van der Waals surface area contributed by atoms with E-state index in [0.29, 0.717) is 6.61 Å². The van der Waals surface area contributed by atoms with E-state index in [9.17, 15) is 9.18 Å². The van der Waals surface area contributed by atoms with Crippen LogP contribution in [0.2, 0.25) is 0 Å². The number of hydrogen-bond acceptors (Lipinski definition) is 3. The lowest BCUT2D eigenvalue weighted by Crippen LogP contribution is -2.08. The van der Waals surface area contributed by atoms with E-state index in [1.165, 1.54) is 13.2 Å². The predicted octanol–water partition coefficient (Wildman–Crippen LogP) is 2.13. The van der Waals surface area contributed by atoms with Gasteiger partial charge in [0.1, 0.15) is 5.82 Å². The normalized spacial score (nSPS) is 19.6. The predicted molar refractivity (Wildman–Crippen MR) is 53.4 cm³/mol. The van der Waals surface area contributed by atoms with Crippen molar-refractivity contribution in [2.24, 2.45) is 0 Å². The average Bonchev–Trinajstić information content (AvgIpc) is 2.98. The van der Waals surface area contributed by atoms with Crippen molar-refractivity contribution in [2.45, 2.75) is 25.0 Å². The number of halogens is 1. The number of fused-ring (bicyclic) bond motifs is 2. The molecule has 1 saturated carbocycles. The van der Waals surface area contributed by atoms with Gasteiger partial charge in [-0.05, 0) is 36.1 Å². The molecule has 1 aliphatic carbocycles. The molecule has 0 saturated heterocycles. The van der Waals surface area contributed by atoms with Crippen LogP contribution in [-0.4, -0.2) is 13.1 Å². The second-order valence-corrected chi connectivity index (χ2v) is 4.26. The molecular formula is C12H11FO3. The van der Waals surface area contributed by atoms with Crippen LogP contribution in [0.25, 0.3) is 0 Å². The molecule has 0 bridgehead atoms. The van der Waals surface area contributed by atoms with Gasteiger partial charge in [0.25, 0.3) is 0 Å². The lowest BCUT2D eigenvalue weighted by molar-refractivity contribution is 0.0441. The standard InChI is InChI=1S/C12H11FO3/c1-15-11(14)8-4-7-6-16-12(2-3-12)9(7)5-10(8)13/h4-5H,2-3,6H2,1H3.